The summed E-state index contributed by atoms with van der Waals surface area (Å²) < 4.78 is 15.3. The Morgan fingerprint density at radius 1 is 0.727 bits per heavy atom. The zero-order valence-corrected chi connectivity index (χ0v) is 11.8. The van der Waals surface area contributed by atoms with E-state index >= 15 is 0 Å². The Morgan fingerprint density at radius 2 is 1.32 bits per heavy atom. The van der Waals surface area contributed by atoms with Crippen LogP contribution in [0.25, 0.3) is 0 Å². The second-order valence-corrected chi connectivity index (χ2v) is 5.55. The van der Waals surface area contributed by atoms with E-state index in [1.807, 2.05) is 0 Å². The van der Waals surface area contributed by atoms with E-state index in [0.717, 1.165) is 0 Å². The lowest BCUT2D eigenvalue weighted by molar-refractivity contribution is -0.322. The van der Waals surface area contributed by atoms with Crippen molar-refractivity contribution >= 4 is 0 Å². The van der Waals surface area contributed by atoms with Crippen molar-refractivity contribution in [2.45, 2.75) is 68.3 Å². The lowest BCUT2D eigenvalue weighted by Crippen LogP contribution is -2.60. The summed E-state index contributed by atoms with van der Waals surface area (Å²) in [7, 11) is 0. The maximum Gasteiger partial charge on any atom is 0.186 e. The monoisotopic (exact) mass is 326 g/mol. The van der Waals surface area contributed by atoms with Crippen molar-refractivity contribution < 1.29 is 50.0 Å². The Hall–Kier alpha value is -0.400. The number of rotatable bonds is 3. The minimum absolute atomic E-state index is 0.390. The minimum Gasteiger partial charge on any atom is -0.388 e. The van der Waals surface area contributed by atoms with Crippen molar-refractivity contribution in [3.05, 3.63) is 0 Å². The third-order valence-electron chi connectivity index (χ3n) is 3.92. The summed E-state index contributed by atoms with van der Waals surface area (Å²) >= 11 is 0. The summed E-state index contributed by atoms with van der Waals surface area (Å²) in [6.07, 6.45) is -14.0. The van der Waals surface area contributed by atoms with E-state index in [4.69, 9.17) is 14.2 Å². The fourth-order valence-electron chi connectivity index (χ4n) is 2.41. The Bertz CT molecular complexity index is 334. The third kappa shape index (κ3) is 3.41. The molecular weight excluding hydrogens is 304 g/mol. The van der Waals surface area contributed by atoms with Gasteiger partial charge in [0.05, 0.1) is 12.7 Å². The predicted molar refractivity (Wildman–Crippen MR) is 67.2 cm³/mol. The van der Waals surface area contributed by atoms with Crippen LogP contribution in [0.1, 0.15) is 6.92 Å². The van der Waals surface area contributed by atoms with Crippen LogP contribution >= 0.6 is 0 Å². The molecule has 0 aromatic rings. The first-order valence-corrected chi connectivity index (χ1v) is 6.93. The van der Waals surface area contributed by atoms with Crippen LogP contribution in [0.5, 0.6) is 0 Å². The van der Waals surface area contributed by atoms with Gasteiger partial charge in [0.2, 0.25) is 0 Å². The highest BCUT2D eigenvalue weighted by atomic mass is 16.7. The lowest BCUT2D eigenvalue weighted by Gasteiger charge is -2.41. The third-order valence-corrected chi connectivity index (χ3v) is 3.92. The van der Waals surface area contributed by atoms with Gasteiger partial charge in [-0.15, -0.1) is 0 Å². The van der Waals surface area contributed by atoms with Gasteiger partial charge in [-0.1, -0.05) is 0 Å². The highest BCUT2D eigenvalue weighted by molar-refractivity contribution is 4.90. The maximum atomic E-state index is 9.76. The number of aliphatic hydroxyl groups is 7. The number of ether oxygens (including phenoxy) is 3. The highest BCUT2D eigenvalue weighted by Gasteiger charge is 2.45. The van der Waals surface area contributed by atoms with Gasteiger partial charge in [0, 0.05) is 0 Å². The van der Waals surface area contributed by atoms with E-state index in [1.165, 1.54) is 6.92 Å². The first-order valence-electron chi connectivity index (χ1n) is 6.93. The molecule has 0 amide bonds. The molecule has 0 radical (unpaired) electrons. The first kappa shape index (κ1) is 17.9. The van der Waals surface area contributed by atoms with E-state index in [1.54, 1.807) is 0 Å². The maximum absolute atomic E-state index is 9.76. The van der Waals surface area contributed by atoms with Crippen molar-refractivity contribution in [1.29, 1.82) is 0 Å². The normalized spacial score (nSPS) is 53.5. The highest BCUT2D eigenvalue weighted by Crippen LogP contribution is 2.24. The van der Waals surface area contributed by atoms with E-state index in [9.17, 15) is 35.7 Å². The number of hydrogen-bond acceptors (Lipinski definition) is 10. The summed E-state index contributed by atoms with van der Waals surface area (Å²) in [5.74, 6) is 0. The van der Waals surface area contributed by atoms with Crippen LogP contribution in [0.15, 0.2) is 0 Å². The average molecular weight is 326 g/mol. The van der Waals surface area contributed by atoms with Crippen LogP contribution in [0.3, 0.4) is 0 Å². The largest absolute Gasteiger partial charge is 0.388 e. The Morgan fingerprint density at radius 3 is 1.95 bits per heavy atom. The molecule has 0 aliphatic carbocycles. The number of hydrogen-bond donors (Lipinski definition) is 7. The molecule has 0 aromatic heterocycles. The van der Waals surface area contributed by atoms with Crippen molar-refractivity contribution in [2.75, 3.05) is 6.61 Å². The molecule has 0 unspecified atom stereocenters. The molecular formula is C12H22O10. The van der Waals surface area contributed by atoms with E-state index in [0.29, 0.717) is 0 Å². The van der Waals surface area contributed by atoms with Gasteiger partial charge < -0.3 is 50.0 Å². The van der Waals surface area contributed by atoms with Gasteiger partial charge in [0.15, 0.2) is 12.6 Å². The molecule has 0 aromatic carbocycles. The van der Waals surface area contributed by atoms with Gasteiger partial charge in [-0.3, -0.25) is 0 Å². The second kappa shape index (κ2) is 7.01. The smallest absolute Gasteiger partial charge is 0.186 e. The molecule has 2 rings (SSSR count). The first-order chi connectivity index (χ1) is 10.2. The van der Waals surface area contributed by atoms with Crippen molar-refractivity contribution in [3.8, 4) is 0 Å². The molecule has 2 heterocycles. The van der Waals surface area contributed by atoms with E-state index < -0.39 is 61.4 Å². The summed E-state index contributed by atoms with van der Waals surface area (Å²) in [5.41, 5.74) is 0. The molecule has 2 aliphatic rings. The standard InChI is InChI=1S/C12H22O10/c1-3-5(13)7(15)10(18)12(21-3)20-2-4-6(14)8(16)9(17)11(19)22-4/h3-19H,2H2,1H3/t3-,4+,5-,6-,7+,8-,9+,10+,11+,12+/m0/s1. The summed E-state index contributed by atoms with van der Waals surface area (Å²) in [6.45, 7) is 1.09. The van der Waals surface area contributed by atoms with E-state index in [2.05, 4.69) is 0 Å². The second-order valence-electron chi connectivity index (χ2n) is 5.55. The van der Waals surface area contributed by atoms with Crippen LogP contribution in [0.4, 0.5) is 0 Å². The number of aliphatic hydroxyl groups excluding tert-OH is 7. The molecule has 7 N–H and O–H groups in total. The zero-order valence-electron chi connectivity index (χ0n) is 11.8. The van der Waals surface area contributed by atoms with E-state index in [-0.39, 0.29) is 6.61 Å². The summed E-state index contributed by atoms with van der Waals surface area (Å²) in [6, 6.07) is 0. The molecule has 2 fully saturated rings. The van der Waals surface area contributed by atoms with Crippen LogP contribution < -0.4 is 0 Å². The van der Waals surface area contributed by atoms with Crippen molar-refractivity contribution in [2.24, 2.45) is 0 Å². The van der Waals surface area contributed by atoms with Crippen LogP contribution in [0, 0.1) is 0 Å². The minimum atomic E-state index is -1.70. The molecule has 2 saturated heterocycles. The van der Waals surface area contributed by atoms with Gasteiger partial charge in [0.25, 0.3) is 0 Å². The van der Waals surface area contributed by atoms with Crippen LogP contribution in [0.2, 0.25) is 0 Å². The molecule has 22 heavy (non-hydrogen) atoms. The molecule has 0 bridgehead atoms. The Kier molecular flexibility index (Phi) is 5.72. The molecule has 2 aliphatic heterocycles. The van der Waals surface area contributed by atoms with Crippen molar-refractivity contribution in [3.63, 3.8) is 0 Å². The van der Waals surface area contributed by atoms with Gasteiger partial charge in [-0.2, -0.15) is 0 Å². The lowest BCUT2D eigenvalue weighted by atomic mass is 9.99. The molecule has 130 valence electrons. The van der Waals surface area contributed by atoms with Gasteiger partial charge in [-0.05, 0) is 6.92 Å². The zero-order chi connectivity index (χ0) is 16.6. The molecule has 0 saturated carbocycles. The Balaban J connectivity index is 1.92. The Labute approximate surface area is 126 Å². The summed E-state index contributed by atoms with van der Waals surface area (Å²) in [4.78, 5) is 0. The fraction of sp³-hybridized carbons (Fsp3) is 1.00. The van der Waals surface area contributed by atoms with Gasteiger partial charge in [-0.25, -0.2) is 0 Å². The fourth-order valence-corrected chi connectivity index (χ4v) is 2.41. The quantitative estimate of drug-likeness (QED) is 0.269. The molecule has 0 spiro atoms. The molecule has 10 nitrogen and oxygen atoms in total. The average Bonchev–Trinajstić information content (AvgIpc) is 2.49. The van der Waals surface area contributed by atoms with Crippen LogP contribution in [-0.4, -0.2) is 104 Å². The van der Waals surface area contributed by atoms with Crippen LogP contribution in [-0.2, 0) is 14.2 Å². The predicted octanol–water partition coefficient (Wildman–Crippen LogP) is -4.37. The van der Waals surface area contributed by atoms with Crippen molar-refractivity contribution in [1.82, 2.24) is 0 Å². The molecule has 10 heteroatoms. The molecule has 10 atom stereocenters. The van der Waals surface area contributed by atoms with Gasteiger partial charge in [0.1, 0.15) is 42.7 Å². The summed E-state index contributed by atoms with van der Waals surface area (Å²) in [5, 5.41) is 67.0. The topological polar surface area (TPSA) is 169 Å². The van der Waals surface area contributed by atoms with Gasteiger partial charge >= 0.3 is 0 Å². The SMILES string of the molecule is C[C@@H]1O[C@@H](OC[C@H]2O[C@@H](O)[C@H](O)[C@@H](O)[C@H]2O)[C@H](O)[C@H](O)[C@H]1O.